The van der Waals surface area contributed by atoms with E-state index in [0.717, 1.165) is 25.2 Å². The highest BCUT2D eigenvalue weighted by Gasteiger charge is 2.08. The lowest BCUT2D eigenvalue weighted by atomic mass is 10.2. The molecule has 1 aliphatic rings. The number of carbonyl (C=O) groups excluding carboxylic acids is 1. The van der Waals surface area contributed by atoms with Gasteiger partial charge in [0.25, 0.3) is 5.91 Å². The zero-order chi connectivity index (χ0) is 14.4. The second-order valence-electron chi connectivity index (χ2n) is 4.66. The number of halogens is 1. The molecular formula is C14H18ClN3O2. The summed E-state index contributed by atoms with van der Waals surface area (Å²) in [5, 5.41) is 0.637. The molecule has 1 heterocycles. The van der Waals surface area contributed by atoms with E-state index in [9.17, 15) is 4.79 Å². The number of nitrogens with one attached hydrogen (secondary N) is 2. The number of amides is 1. The molecule has 0 unspecified atom stereocenters. The van der Waals surface area contributed by atoms with Gasteiger partial charge in [-0.1, -0.05) is 11.6 Å². The maximum absolute atomic E-state index is 11.6. The number of carbonyl (C=O) groups is 1. The molecule has 1 aliphatic heterocycles. The van der Waals surface area contributed by atoms with E-state index >= 15 is 0 Å². The molecule has 2 N–H and O–H groups in total. The van der Waals surface area contributed by atoms with Crippen molar-refractivity contribution in [3.8, 4) is 5.75 Å². The van der Waals surface area contributed by atoms with Crippen LogP contribution in [0.2, 0.25) is 5.02 Å². The van der Waals surface area contributed by atoms with Gasteiger partial charge in [-0.3, -0.25) is 10.2 Å². The fraction of sp³-hybridized carbons (Fsp3) is 0.357. The van der Waals surface area contributed by atoms with Crippen LogP contribution in [-0.2, 0) is 4.79 Å². The van der Waals surface area contributed by atoms with Crippen LogP contribution < -0.4 is 15.6 Å². The Bertz CT molecular complexity index is 488. The standard InChI is InChI=1S/C14H18ClN3O2/c1-18-8-6-12(7-9-18)16-17-14(19)10-20-13-4-2-11(15)3-5-13/h2-6,16H,7-10H2,1H3,(H,17,19). The van der Waals surface area contributed by atoms with E-state index in [-0.39, 0.29) is 12.5 Å². The van der Waals surface area contributed by atoms with Gasteiger partial charge < -0.3 is 15.1 Å². The average Bonchev–Trinajstić information content (AvgIpc) is 2.46. The highest BCUT2D eigenvalue weighted by Crippen LogP contribution is 2.15. The Morgan fingerprint density at radius 3 is 2.80 bits per heavy atom. The van der Waals surface area contributed by atoms with Crippen LogP contribution in [-0.4, -0.2) is 37.6 Å². The number of ether oxygens (including phenoxy) is 1. The lowest BCUT2D eigenvalue weighted by molar-refractivity contribution is -0.123. The largest absolute Gasteiger partial charge is 0.484 e. The van der Waals surface area contributed by atoms with Crippen molar-refractivity contribution in [2.45, 2.75) is 6.42 Å². The highest BCUT2D eigenvalue weighted by molar-refractivity contribution is 6.30. The first-order chi connectivity index (χ1) is 9.63. The number of hydrogen-bond donors (Lipinski definition) is 2. The van der Waals surface area contributed by atoms with Crippen LogP contribution in [0.1, 0.15) is 6.42 Å². The summed E-state index contributed by atoms with van der Waals surface area (Å²) in [5.41, 5.74) is 6.57. The van der Waals surface area contributed by atoms with E-state index in [0.29, 0.717) is 10.8 Å². The Morgan fingerprint density at radius 1 is 1.40 bits per heavy atom. The molecule has 0 saturated carbocycles. The molecule has 20 heavy (non-hydrogen) atoms. The van der Waals surface area contributed by atoms with E-state index < -0.39 is 0 Å². The summed E-state index contributed by atoms with van der Waals surface area (Å²) in [6.07, 6.45) is 2.96. The van der Waals surface area contributed by atoms with Gasteiger partial charge in [0.1, 0.15) is 5.75 Å². The number of hydrogen-bond acceptors (Lipinski definition) is 4. The number of likely N-dealkylation sites (N-methyl/N-ethyl adjacent to an activating group) is 1. The third-order valence-electron chi connectivity index (χ3n) is 2.96. The van der Waals surface area contributed by atoms with Gasteiger partial charge in [-0.25, -0.2) is 0 Å². The minimum absolute atomic E-state index is 0.0399. The number of hydrazine groups is 1. The molecule has 1 aromatic carbocycles. The number of nitrogens with zero attached hydrogens (tertiary/aromatic N) is 1. The molecule has 2 rings (SSSR count). The SMILES string of the molecule is CN1CC=C(NNC(=O)COc2ccc(Cl)cc2)CC1. The van der Waals surface area contributed by atoms with Gasteiger partial charge in [0.05, 0.1) is 0 Å². The van der Waals surface area contributed by atoms with E-state index in [4.69, 9.17) is 16.3 Å². The van der Waals surface area contributed by atoms with Crippen molar-refractivity contribution >= 4 is 17.5 Å². The van der Waals surface area contributed by atoms with Crippen molar-refractivity contribution in [3.63, 3.8) is 0 Å². The fourth-order valence-corrected chi connectivity index (χ4v) is 1.88. The minimum atomic E-state index is -0.222. The maximum atomic E-state index is 11.6. The average molecular weight is 296 g/mol. The zero-order valence-electron chi connectivity index (χ0n) is 11.4. The maximum Gasteiger partial charge on any atom is 0.276 e. The van der Waals surface area contributed by atoms with Gasteiger partial charge >= 0.3 is 0 Å². The summed E-state index contributed by atoms with van der Waals surface area (Å²) < 4.78 is 5.34. The highest BCUT2D eigenvalue weighted by atomic mass is 35.5. The fourth-order valence-electron chi connectivity index (χ4n) is 1.75. The zero-order valence-corrected chi connectivity index (χ0v) is 12.1. The summed E-state index contributed by atoms with van der Waals surface area (Å²) in [4.78, 5) is 13.8. The van der Waals surface area contributed by atoms with E-state index in [1.54, 1.807) is 24.3 Å². The summed E-state index contributed by atoms with van der Waals surface area (Å²) in [6, 6.07) is 6.89. The van der Waals surface area contributed by atoms with Gasteiger partial charge in [0.15, 0.2) is 6.61 Å². The Hall–Kier alpha value is -1.72. The van der Waals surface area contributed by atoms with Crippen LogP contribution in [0.15, 0.2) is 36.0 Å². The minimum Gasteiger partial charge on any atom is -0.484 e. The molecule has 6 heteroatoms. The third-order valence-corrected chi connectivity index (χ3v) is 3.21. The summed E-state index contributed by atoms with van der Waals surface area (Å²) >= 11 is 5.77. The Kier molecular flexibility index (Phi) is 5.26. The third kappa shape index (κ3) is 4.75. The van der Waals surface area contributed by atoms with Crippen LogP contribution in [0.4, 0.5) is 0 Å². The van der Waals surface area contributed by atoms with E-state index in [2.05, 4.69) is 28.9 Å². The van der Waals surface area contributed by atoms with Crippen molar-refractivity contribution in [1.29, 1.82) is 0 Å². The van der Waals surface area contributed by atoms with Crippen LogP contribution in [0, 0.1) is 0 Å². The van der Waals surface area contributed by atoms with Crippen LogP contribution in [0.3, 0.4) is 0 Å². The Morgan fingerprint density at radius 2 is 2.15 bits per heavy atom. The van der Waals surface area contributed by atoms with Crippen molar-refractivity contribution in [2.24, 2.45) is 0 Å². The van der Waals surface area contributed by atoms with Gasteiger partial charge in [0, 0.05) is 30.2 Å². The van der Waals surface area contributed by atoms with E-state index in [1.165, 1.54) is 0 Å². The number of rotatable bonds is 5. The molecular weight excluding hydrogens is 278 g/mol. The summed E-state index contributed by atoms with van der Waals surface area (Å²) in [7, 11) is 2.06. The first-order valence-corrected chi connectivity index (χ1v) is 6.82. The monoisotopic (exact) mass is 295 g/mol. The predicted molar refractivity (Wildman–Crippen MR) is 78.4 cm³/mol. The van der Waals surface area contributed by atoms with Gasteiger partial charge in [0.2, 0.25) is 0 Å². The van der Waals surface area contributed by atoms with Gasteiger partial charge in [-0.15, -0.1) is 0 Å². The van der Waals surface area contributed by atoms with Crippen molar-refractivity contribution in [3.05, 3.63) is 41.1 Å². The topological polar surface area (TPSA) is 53.6 Å². The van der Waals surface area contributed by atoms with Crippen LogP contribution in [0.25, 0.3) is 0 Å². The lowest BCUT2D eigenvalue weighted by Gasteiger charge is -2.22. The van der Waals surface area contributed by atoms with Gasteiger partial charge in [-0.05, 0) is 37.4 Å². The molecule has 0 fully saturated rings. The summed E-state index contributed by atoms with van der Waals surface area (Å²) in [5.74, 6) is 0.392. The predicted octanol–water partition coefficient (Wildman–Crippen LogP) is 1.56. The van der Waals surface area contributed by atoms with Crippen molar-refractivity contribution in [1.82, 2.24) is 15.8 Å². The van der Waals surface area contributed by atoms with Crippen LogP contribution in [0.5, 0.6) is 5.75 Å². The van der Waals surface area contributed by atoms with Crippen LogP contribution >= 0.6 is 11.6 Å². The molecule has 0 aromatic heterocycles. The normalized spacial score (nSPS) is 15.4. The molecule has 1 amide bonds. The molecule has 5 nitrogen and oxygen atoms in total. The molecule has 0 radical (unpaired) electrons. The first kappa shape index (κ1) is 14.7. The molecule has 108 valence electrons. The van der Waals surface area contributed by atoms with Crippen molar-refractivity contribution < 1.29 is 9.53 Å². The molecule has 0 spiro atoms. The Labute approximate surface area is 123 Å². The molecule has 0 saturated heterocycles. The second kappa shape index (κ2) is 7.17. The smallest absolute Gasteiger partial charge is 0.276 e. The quantitative estimate of drug-likeness (QED) is 0.810. The van der Waals surface area contributed by atoms with Crippen molar-refractivity contribution in [2.75, 3.05) is 26.7 Å². The molecule has 0 aliphatic carbocycles. The lowest BCUT2D eigenvalue weighted by Crippen LogP contribution is -2.41. The number of benzene rings is 1. The second-order valence-corrected chi connectivity index (χ2v) is 5.09. The summed E-state index contributed by atoms with van der Waals surface area (Å²) in [6.45, 7) is 1.83. The molecule has 0 bridgehead atoms. The molecule has 0 atom stereocenters. The van der Waals surface area contributed by atoms with E-state index in [1.807, 2.05) is 0 Å². The first-order valence-electron chi connectivity index (χ1n) is 6.44. The van der Waals surface area contributed by atoms with Gasteiger partial charge in [-0.2, -0.15) is 0 Å². The molecule has 1 aromatic rings. The Balaban J connectivity index is 1.69.